The van der Waals surface area contributed by atoms with E-state index in [1.807, 2.05) is 14.0 Å². The lowest BCUT2D eigenvalue weighted by molar-refractivity contribution is 0.971. The van der Waals surface area contributed by atoms with Gasteiger partial charge in [0.2, 0.25) is 0 Å². The Hall–Kier alpha value is -1.12. The van der Waals surface area contributed by atoms with E-state index in [1.54, 1.807) is 6.33 Å². The van der Waals surface area contributed by atoms with Crippen molar-refractivity contribution in [3.8, 4) is 0 Å². The van der Waals surface area contributed by atoms with E-state index in [1.165, 1.54) is 0 Å². The van der Waals surface area contributed by atoms with Crippen LogP contribution in [0.2, 0.25) is 0 Å². The highest BCUT2D eigenvalue weighted by Crippen LogP contribution is 2.12. The van der Waals surface area contributed by atoms with E-state index < -0.39 is 0 Å². The number of hydrogen-bond acceptors (Lipinski definition) is 3. The van der Waals surface area contributed by atoms with Gasteiger partial charge in [-0.05, 0) is 13.3 Å². The van der Waals surface area contributed by atoms with Crippen LogP contribution < -0.4 is 5.32 Å². The Morgan fingerprint density at radius 1 is 1.45 bits per heavy atom. The lowest BCUT2D eigenvalue weighted by Gasteiger charge is -2.05. The average molecular weight is 151 g/mol. The monoisotopic (exact) mass is 151 g/mol. The first kappa shape index (κ1) is 7.98. The van der Waals surface area contributed by atoms with E-state index in [0.29, 0.717) is 0 Å². The SMILES string of the molecule is CCc1ncnc(NC)c1C. The molecule has 1 heterocycles. The number of aromatic nitrogens is 2. The second-order valence-corrected chi connectivity index (χ2v) is 2.40. The first-order chi connectivity index (χ1) is 5.29. The van der Waals surface area contributed by atoms with Gasteiger partial charge in [0, 0.05) is 18.3 Å². The van der Waals surface area contributed by atoms with Gasteiger partial charge in [-0.25, -0.2) is 9.97 Å². The molecule has 1 aromatic heterocycles. The minimum absolute atomic E-state index is 0.928. The van der Waals surface area contributed by atoms with Crippen LogP contribution in [0, 0.1) is 6.92 Å². The van der Waals surface area contributed by atoms with E-state index in [-0.39, 0.29) is 0 Å². The van der Waals surface area contributed by atoms with Crippen molar-refractivity contribution in [3.05, 3.63) is 17.6 Å². The minimum Gasteiger partial charge on any atom is -0.373 e. The Morgan fingerprint density at radius 2 is 2.18 bits per heavy atom. The zero-order valence-electron chi connectivity index (χ0n) is 7.18. The first-order valence-electron chi connectivity index (χ1n) is 3.77. The topological polar surface area (TPSA) is 37.8 Å². The van der Waals surface area contributed by atoms with Gasteiger partial charge in [-0.3, -0.25) is 0 Å². The number of rotatable bonds is 2. The second kappa shape index (κ2) is 3.32. The highest BCUT2D eigenvalue weighted by Gasteiger charge is 2.01. The molecule has 11 heavy (non-hydrogen) atoms. The fourth-order valence-electron chi connectivity index (χ4n) is 1.10. The van der Waals surface area contributed by atoms with Gasteiger partial charge in [-0.2, -0.15) is 0 Å². The fraction of sp³-hybridized carbons (Fsp3) is 0.500. The zero-order chi connectivity index (χ0) is 8.27. The first-order valence-corrected chi connectivity index (χ1v) is 3.77. The van der Waals surface area contributed by atoms with Crippen molar-refractivity contribution in [1.82, 2.24) is 9.97 Å². The molecule has 1 aromatic rings. The van der Waals surface area contributed by atoms with Crippen LogP contribution in [-0.4, -0.2) is 17.0 Å². The highest BCUT2D eigenvalue weighted by atomic mass is 15.0. The van der Waals surface area contributed by atoms with Crippen molar-refractivity contribution in [2.24, 2.45) is 0 Å². The summed E-state index contributed by atoms with van der Waals surface area (Å²) >= 11 is 0. The van der Waals surface area contributed by atoms with Gasteiger partial charge < -0.3 is 5.32 Å². The molecule has 1 rings (SSSR count). The number of nitrogens with one attached hydrogen (secondary N) is 1. The Bertz CT molecular complexity index is 223. The summed E-state index contributed by atoms with van der Waals surface area (Å²) in [5.41, 5.74) is 2.27. The number of nitrogens with zero attached hydrogens (tertiary/aromatic N) is 2. The van der Waals surface area contributed by atoms with Gasteiger partial charge in [0.25, 0.3) is 0 Å². The molecule has 0 atom stereocenters. The van der Waals surface area contributed by atoms with Crippen LogP contribution in [0.4, 0.5) is 5.82 Å². The third-order valence-electron chi connectivity index (χ3n) is 1.76. The molecule has 1 N–H and O–H groups in total. The van der Waals surface area contributed by atoms with Gasteiger partial charge in [0.15, 0.2) is 0 Å². The lowest BCUT2D eigenvalue weighted by Crippen LogP contribution is -2.00. The standard InChI is InChI=1S/C8H13N3/c1-4-7-6(2)8(9-3)11-5-10-7/h5H,4H2,1-3H3,(H,9,10,11). The Morgan fingerprint density at radius 3 is 2.73 bits per heavy atom. The van der Waals surface area contributed by atoms with Crippen LogP contribution in [0.5, 0.6) is 0 Å². The summed E-state index contributed by atoms with van der Waals surface area (Å²) in [5.74, 6) is 0.928. The van der Waals surface area contributed by atoms with E-state index in [9.17, 15) is 0 Å². The van der Waals surface area contributed by atoms with E-state index in [0.717, 1.165) is 23.5 Å². The molecule has 0 aliphatic carbocycles. The summed E-state index contributed by atoms with van der Waals surface area (Å²) in [6, 6.07) is 0. The van der Waals surface area contributed by atoms with Gasteiger partial charge in [-0.15, -0.1) is 0 Å². The van der Waals surface area contributed by atoms with Gasteiger partial charge in [0.1, 0.15) is 12.1 Å². The maximum absolute atomic E-state index is 4.15. The quantitative estimate of drug-likeness (QED) is 0.694. The Balaban J connectivity index is 3.10. The second-order valence-electron chi connectivity index (χ2n) is 2.40. The van der Waals surface area contributed by atoms with Crippen LogP contribution in [-0.2, 0) is 6.42 Å². The molecular formula is C8H13N3. The summed E-state index contributed by atoms with van der Waals surface area (Å²) in [7, 11) is 1.87. The molecule has 0 bridgehead atoms. The molecule has 0 unspecified atom stereocenters. The number of anilines is 1. The molecule has 0 amide bonds. The van der Waals surface area contributed by atoms with E-state index in [2.05, 4.69) is 22.2 Å². The predicted molar refractivity (Wildman–Crippen MR) is 45.7 cm³/mol. The maximum atomic E-state index is 4.15. The fourth-order valence-corrected chi connectivity index (χ4v) is 1.10. The molecule has 0 saturated heterocycles. The Labute approximate surface area is 66.9 Å². The third kappa shape index (κ3) is 1.48. The smallest absolute Gasteiger partial charge is 0.132 e. The Kier molecular flexibility index (Phi) is 2.41. The van der Waals surface area contributed by atoms with Crippen molar-refractivity contribution in [3.63, 3.8) is 0 Å². The zero-order valence-corrected chi connectivity index (χ0v) is 7.18. The summed E-state index contributed by atoms with van der Waals surface area (Å²) < 4.78 is 0. The maximum Gasteiger partial charge on any atom is 0.132 e. The molecule has 60 valence electrons. The normalized spacial score (nSPS) is 9.73. The van der Waals surface area contributed by atoms with Crippen LogP contribution in [0.15, 0.2) is 6.33 Å². The van der Waals surface area contributed by atoms with Crippen molar-refractivity contribution in [2.45, 2.75) is 20.3 Å². The average Bonchev–Trinajstić information content (AvgIpc) is 2.05. The minimum atomic E-state index is 0.928. The molecule has 0 radical (unpaired) electrons. The van der Waals surface area contributed by atoms with Crippen LogP contribution in [0.3, 0.4) is 0 Å². The molecule has 0 aliphatic rings. The summed E-state index contributed by atoms with van der Waals surface area (Å²) in [4.78, 5) is 8.24. The van der Waals surface area contributed by atoms with Crippen molar-refractivity contribution < 1.29 is 0 Å². The summed E-state index contributed by atoms with van der Waals surface area (Å²) in [5, 5.41) is 3.02. The molecule has 0 saturated carbocycles. The van der Waals surface area contributed by atoms with Crippen LogP contribution in [0.1, 0.15) is 18.2 Å². The largest absolute Gasteiger partial charge is 0.373 e. The van der Waals surface area contributed by atoms with E-state index in [4.69, 9.17) is 0 Å². The molecular weight excluding hydrogens is 138 g/mol. The highest BCUT2D eigenvalue weighted by molar-refractivity contribution is 5.43. The van der Waals surface area contributed by atoms with Crippen molar-refractivity contribution >= 4 is 5.82 Å². The molecule has 3 heteroatoms. The summed E-state index contributed by atoms with van der Waals surface area (Å²) in [6.07, 6.45) is 2.56. The van der Waals surface area contributed by atoms with Gasteiger partial charge in [-0.1, -0.05) is 6.92 Å². The predicted octanol–water partition coefficient (Wildman–Crippen LogP) is 1.39. The van der Waals surface area contributed by atoms with E-state index >= 15 is 0 Å². The van der Waals surface area contributed by atoms with Crippen LogP contribution in [0.25, 0.3) is 0 Å². The third-order valence-corrected chi connectivity index (χ3v) is 1.76. The molecule has 0 aromatic carbocycles. The van der Waals surface area contributed by atoms with Crippen molar-refractivity contribution in [2.75, 3.05) is 12.4 Å². The molecule has 3 nitrogen and oxygen atoms in total. The van der Waals surface area contributed by atoms with Crippen molar-refractivity contribution in [1.29, 1.82) is 0 Å². The van der Waals surface area contributed by atoms with Gasteiger partial charge >= 0.3 is 0 Å². The summed E-state index contributed by atoms with van der Waals surface area (Å²) in [6.45, 7) is 4.12. The molecule has 0 fully saturated rings. The molecule has 0 aliphatic heterocycles. The van der Waals surface area contributed by atoms with Crippen LogP contribution >= 0.6 is 0 Å². The van der Waals surface area contributed by atoms with Gasteiger partial charge in [0.05, 0.1) is 0 Å². The number of hydrogen-bond donors (Lipinski definition) is 1. The lowest BCUT2D eigenvalue weighted by atomic mass is 10.2. The number of aryl methyl sites for hydroxylation is 1. The molecule has 0 spiro atoms.